The molecule has 1 amide bonds. The third-order valence-electron chi connectivity index (χ3n) is 6.74. The van der Waals surface area contributed by atoms with E-state index in [0.717, 1.165) is 55.0 Å². The first-order valence-corrected chi connectivity index (χ1v) is 13.7. The lowest BCUT2D eigenvalue weighted by Crippen LogP contribution is -2.47. The molecule has 7 heteroatoms. The second-order valence-corrected chi connectivity index (χ2v) is 10.2. The summed E-state index contributed by atoms with van der Waals surface area (Å²) in [6.45, 7) is 5.17. The van der Waals surface area contributed by atoms with Crippen molar-refractivity contribution in [2.75, 3.05) is 31.6 Å². The van der Waals surface area contributed by atoms with Crippen LogP contribution in [0, 0.1) is 5.82 Å². The zero-order valence-electron chi connectivity index (χ0n) is 21.2. The molecule has 0 aliphatic carbocycles. The fourth-order valence-electron chi connectivity index (χ4n) is 4.83. The first-order valence-electron chi connectivity index (χ1n) is 12.8. The molecule has 2 aromatic carbocycles. The highest BCUT2D eigenvalue weighted by molar-refractivity contribution is 7.10. The summed E-state index contributed by atoms with van der Waals surface area (Å²) in [6, 6.07) is 19.1. The number of hydrogen-bond donors (Lipinski definition) is 1. The maximum atomic E-state index is 14.2. The van der Waals surface area contributed by atoms with Crippen LogP contribution in [0.1, 0.15) is 49.2 Å². The number of amides is 1. The Morgan fingerprint density at radius 1 is 1.17 bits per heavy atom. The van der Waals surface area contributed by atoms with Crippen molar-refractivity contribution in [3.63, 3.8) is 0 Å². The van der Waals surface area contributed by atoms with E-state index >= 15 is 0 Å². The molecule has 5 nitrogen and oxygen atoms in total. The van der Waals surface area contributed by atoms with Gasteiger partial charge < -0.3 is 15.0 Å². The first kappa shape index (κ1) is 26.3. The summed E-state index contributed by atoms with van der Waals surface area (Å²) in [7, 11) is 1.93. The Balaban J connectivity index is 1.44. The molecular formula is C29H36FN3O2S. The predicted octanol–water partition coefficient (Wildman–Crippen LogP) is 6.02. The number of benzene rings is 2. The van der Waals surface area contributed by atoms with E-state index in [-0.39, 0.29) is 23.9 Å². The van der Waals surface area contributed by atoms with Gasteiger partial charge in [-0.15, -0.1) is 11.3 Å². The normalized spacial score (nSPS) is 15.5. The van der Waals surface area contributed by atoms with Gasteiger partial charge >= 0.3 is 0 Å². The van der Waals surface area contributed by atoms with Crippen molar-refractivity contribution in [1.82, 2.24) is 10.2 Å². The third kappa shape index (κ3) is 6.72. The van der Waals surface area contributed by atoms with Gasteiger partial charge in [-0.05, 0) is 56.1 Å². The van der Waals surface area contributed by atoms with Gasteiger partial charge in [0.2, 0.25) is 5.91 Å². The number of piperidine rings is 1. The Bertz CT molecular complexity index is 1090. The lowest BCUT2D eigenvalue weighted by molar-refractivity contribution is -0.119. The zero-order chi connectivity index (χ0) is 25.3. The van der Waals surface area contributed by atoms with E-state index in [0.29, 0.717) is 18.7 Å². The van der Waals surface area contributed by atoms with Crippen LogP contribution in [0.15, 0.2) is 66.0 Å². The maximum absolute atomic E-state index is 14.2. The van der Waals surface area contributed by atoms with Crippen molar-refractivity contribution in [3.8, 4) is 5.75 Å². The molecule has 1 saturated heterocycles. The van der Waals surface area contributed by atoms with Gasteiger partial charge in [0.25, 0.3) is 0 Å². The molecule has 1 aliphatic heterocycles. The minimum absolute atomic E-state index is 0.122. The topological polar surface area (TPSA) is 44.8 Å². The smallest absolute Gasteiger partial charge is 0.226 e. The Kier molecular flexibility index (Phi) is 9.50. The summed E-state index contributed by atoms with van der Waals surface area (Å²) >= 11 is 1.66. The highest BCUT2D eigenvalue weighted by atomic mass is 32.1. The Morgan fingerprint density at radius 3 is 2.61 bits per heavy atom. The summed E-state index contributed by atoms with van der Waals surface area (Å²) in [6.07, 6.45) is 2.97. The van der Waals surface area contributed by atoms with Gasteiger partial charge in [-0.25, -0.2) is 4.39 Å². The first-order chi connectivity index (χ1) is 17.6. The number of likely N-dealkylation sites (tertiary alicyclic amines) is 1. The van der Waals surface area contributed by atoms with E-state index < -0.39 is 0 Å². The average molecular weight is 510 g/mol. The number of ether oxygens (including phenoxy) is 1. The number of halogens is 1. The number of rotatable bonds is 11. The minimum atomic E-state index is -0.289. The molecule has 1 atom stereocenters. The Labute approximate surface area is 217 Å². The molecular weight excluding hydrogens is 473 g/mol. The third-order valence-corrected chi connectivity index (χ3v) is 7.70. The van der Waals surface area contributed by atoms with Gasteiger partial charge in [-0.2, -0.15) is 0 Å². The van der Waals surface area contributed by atoms with Crippen LogP contribution in [0.3, 0.4) is 0 Å². The summed E-state index contributed by atoms with van der Waals surface area (Å²) < 4.78 is 20.7. The van der Waals surface area contributed by atoms with Crippen molar-refractivity contribution < 1.29 is 13.9 Å². The molecule has 1 aliphatic rings. The largest absolute Gasteiger partial charge is 0.484 e. The quantitative estimate of drug-likeness (QED) is 0.343. The van der Waals surface area contributed by atoms with Crippen molar-refractivity contribution in [3.05, 3.63) is 82.3 Å². The van der Waals surface area contributed by atoms with Crippen molar-refractivity contribution in [2.24, 2.45) is 0 Å². The molecule has 1 fully saturated rings. The molecule has 2 heterocycles. The van der Waals surface area contributed by atoms with Crippen molar-refractivity contribution >= 4 is 22.9 Å². The standard InChI is InChI=1S/C29H36FN3O2S/c1-3-29(34)33(24-8-5-4-6-9-24)25-14-17-32(18-15-25)21-22-11-12-23(30)20-27(22)35-26(13-16-31-2)28-10-7-19-36-28/h4-12,19-20,25-26,31H,3,13-18,21H2,1-2H3/t26-/m1/s1. The van der Waals surface area contributed by atoms with E-state index in [1.165, 1.54) is 12.1 Å². The van der Waals surface area contributed by atoms with Crippen LogP contribution in [0.4, 0.5) is 10.1 Å². The Hall–Kier alpha value is -2.74. The van der Waals surface area contributed by atoms with E-state index in [4.69, 9.17) is 4.74 Å². The summed E-state index contributed by atoms with van der Waals surface area (Å²) in [5, 5.41) is 5.23. The fraction of sp³-hybridized carbons (Fsp3) is 0.414. The number of para-hydroxylation sites is 1. The number of hydrogen-bond acceptors (Lipinski definition) is 5. The second kappa shape index (κ2) is 13.0. The number of nitrogens with zero attached hydrogens (tertiary/aromatic N) is 2. The molecule has 1 aromatic heterocycles. The van der Waals surface area contributed by atoms with Gasteiger partial charge in [0.05, 0.1) is 0 Å². The maximum Gasteiger partial charge on any atom is 0.226 e. The van der Waals surface area contributed by atoms with Crippen LogP contribution in [0.2, 0.25) is 0 Å². The van der Waals surface area contributed by atoms with Gasteiger partial charge in [-0.1, -0.05) is 37.3 Å². The molecule has 1 N–H and O–H groups in total. The summed E-state index contributed by atoms with van der Waals surface area (Å²) in [4.78, 5) is 18.3. The molecule has 36 heavy (non-hydrogen) atoms. The molecule has 0 saturated carbocycles. The molecule has 0 spiro atoms. The lowest BCUT2D eigenvalue weighted by atomic mass is 10.0. The van der Waals surface area contributed by atoms with Gasteiger partial charge in [-0.3, -0.25) is 9.69 Å². The molecule has 0 unspecified atom stereocenters. The molecule has 3 aromatic rings. The van der Waals surface area contributed by atoms with Gasteiger partial charge in [0.15, 0.2) is 0 Å². The predicted molar refractivity (Wildman–Crippen MR) is 145 cm³/mol. The van der Waals surface area contributed by atoms with Crippen LogP contribution >= 0.6 is 11.3 Å². The second-order valence-electron chi connectivity index (χ2n) is 9.23. The average Bonchev–Trinajstić information content (AvgIpc) is 3.44. The fourth-order valence-corrected chi connectivity index (χ4v) is 5.61. The van der Waals surface area contributed by atoms with Crippen LogP contribution in [-0.2, 0) is 11.3 Å². The van der Waals surface area contributed by atoms with Crippen LogP contribution in [0.5, 0.6) is 5.75 Å². The lowest BCUT2D eigenvalue weighted by Gasteiger charge is -2.38. The SMILES string of the molecule is CCC(=O)N(c1ccccc1)C1CCN(Cc2ccc(F)cc2O[C@H](CCNC)c2cccs2)CC1. The van der Waals surface area contributed by atoms with Crippen LogP contribution in [0.25, 0.3) is 0 Å². The monoisotopic (exact) mass is 509 g/mol. The molecule has 0 bridgehead atoms. The minimum Gasteiger partial charge on any atom is -0.484 e. The zero-order valence-corrected chi connectivity index (χ0v) is 22.0. The molecule has 192 valence electrons. The van der Waals surface area contributed by atoms with Crippen molar-refractivity contribution in [1.29, 1.82) is 0 Å². The highest BCUT2D eigenvalue weighted by Gasteiger charge is 2.29. The number of thiophene rings is 1. The van der Waals surface area contributed by atoms with E-state index in [1.807, 2.05) is 66.7 Å². The molecule has 0 radical (unpaired) electrons. The van der Waals surface area contributed by atoms with Gasteiger partial charge in [0, 0.05) is 60.7 Å². The Morgan fingerprint density at radius 2 is 1.94 bits per heavy atom. The number of anilines is 1. The van der Waals surface area contributed by atoms with E-state index in [1.54, 1.807) is 11.3 Å². The van der Waals surface area contributed by atoms with E-state index in [9.17, 15) is 9.18 Å². The summed E-state index contributed by atoms with van der Waals surface area (Å²) in [5.74, 6) is 0.483. The highest BCUT2D eigenvalue weighted by Crippen LogP contribution is 2.32. The van der Waals surface area contributed by atoms with E-state index in [2.05, 4.69) is 16.3 Å². The van der Waals surface area contributed by atoms with Gasteiger partial charge in [0.1, 0.15) is 17.7 Å². The van der Waals surface area contributed by atoms with Crippen molar-refractivity contribution in [2.45, 2.75) is 51.3 Å². The van der Waals surface area contributed by atoms with Crippen LogP contribution in [-0.4, -0.2) is 43.5 Å². The van der Waals surface area contributed by atoms with Crippen LogP contribution < -0.4 is 15.0 Å². The summed E-state index contributed by atoms with van der Waals surface area (Å²) in [5.41, 5.74) is 1.96. The number of carbonyl (C=O) groups excluding carboxylic acids is 1. The number of nitrogens with one attached hydrogen (secondary N) is 1. The molecule has 4 rings (SSSR count). The number of carbonyl (C=O) groups is 1.